The van der Waals surface area contributed by atoms with Gasteiger partial charge in [0.2, 0.25) is 0 Å². The highest BCUT2D eigenvalue weighted by atomic mass is 35.5. The molecule has 6 heteroatoms. The van der Waals surface area contributed by atoms with E-state index >= 15 is 0 Å². The highest BCUT2D eigenvalue weighted by Crippen LogP contribution is 2.22. The van der Waals surface area contributed by atoms with Crippen molar-refractivity contribution in [2.24, 2.45) is 5.84 Å². The second kappa shape index (κ2) is 4.99. The van der Waals surface area contributed by atoms with E-state index in [0.29, 0.717) is 16.7 Å². The Labute approximate surface area is 104 Å². The predicted octanol–water partition coefficient (Wildman–Crippen LogP) is 2.47. The van der Waals surface area contributed by atoms with E-state index in [1.54, 1.807) is 0 Å². The smallest absolute Gasteiger partial charge is 0.148 e. The SMILES string of the molecule is Cc1c(NN)ncnc1Nc1ccc(Cl)cc1. The molecular weight excluding hydrogens is 238 g/mol. The molecule has 1 aromatic carbocycles. The second-order valence-corrected chi connectivity index (χ2v) is 3.91. The fourth-order valence-electron chi connectivity index (χ4n) is 1.39. The Kier molecular flexibility index (Phi) is 3.41. The second-order valence-electron chi connectivity index (χ2n) is 3.47. The van der Waals surface area contributed by atoms with Gasteiger partial charge >= 0.3 is 0 Å². The van der Waals surface area contributed by atoms with Crippen molar-refractivity contribution in [1.29, 1.82) is 0 Å². The number of hydrogen-bond acceptors (Lipinski definition) is 5. The molecule has 1 aromatic heterocycles. The van der Waals surface area contributed by atoms with Gasteiger partial charge in [-0.15, -0.1) is 0 Å². The van der Waals surface area contributed by atoms with Gasteiger partial charge < -0.3 is 10.7 Å². The van der Waals surface area contributed by atoms with E-state index in [1.165, 1.54) is 6.33 Å². The van der Waals surface area contributed by atoms with Crippen LogP contribution in [0, 0.1) is 6.92 Å². The fraction of sp³-hybridized carbons (Fsp3) is 0.0909. The lowest BCUT2D eigenvalue weighted by Gasteiger charge is -2.10. The first-order valence-electron chi connectivity index (χ1n) is 5.01. The van der Waals surface area contributed by atoms with Crippen LogP contribution >= 0.6 is 11.6 Å². The molecule has 1 heterocycles. The molecule has 4 N–H and O–H groups in total. The van der Waals surface area contributed by atoms with Crippen molar-refractivity contribution in [3.63, 3.8) is 0 Å². The molecule has 2 aromatic rings. The van der Waals surface area contributed by atoms with Gasteiger partial charge in [-0.05, 0) is 31.2 Å². The fourth-order valence-corrected chi connectivity index (χ4v) is 1.52. The van der Waals surface area contributed by atoms with Gasteiger partial charge in [-0.25, -0.2) is 15.8 Å². The molecule has 0 bridgehead atoms. The van der Waals surface area contributed by atoms with Gasteiger partial charge in [0.25, 0.3) is 0 Å². The maximum atomic E-state index is 5.81. The summed E-state index contributed by atoms with van der Waals surface area (Å²) in [6, 6.07) is 7.36. The number of halogens is 1. The van der Waals surface area contributed by atoms with Crippen LogP contribution in [0.4, 0.5) is 17.3 Å². The van der Waals surface area contributed by atoms with E-state index in [-0.39, 0.29) is 0 Å². The van der Waals surface area contributed by atoms with E-state index in [9.17, 15) is 0 Å². The molecule has 0 spiro atoms. The molecule has 0 saturated heterocycles. The summed E-state index contributed by atoms with van der Waals surface area (Å²) in [6.45, 7) is 1.88. The van der Waals surface area contributed by atoms with Gasteiger partial charge in [0.15, 0.2) is 0 Å². The van der Waals surface area contributed by atoms with E-state index in [1.807, 2.05) is 31.2 Å². The number of benzene rings is 1. The van der Waals surface area contributed by atoms with Gasteiger partial charge in [0, 0.05) is 16.3 Å². The molecule has 2 rings (SSSR count). The molecule has 0 fully saturated rings. The van der Waals surface area contributed by atoms with Crippen LogP contribution in [0.1, 0.15) is 5.56 Å². The number of nitrogens with zero attached hydrogens (tertiary/aromatic N) is 2. The molecular formula is C11H12ClN5. The zero-order valence-electron chi connectivity index (χ0n) is 9.24. The molecule has 0 unspecified atom stereocenters. The summed E-state index contributed by atoms with van der Waals surface area (Å²) in [6.07, 6.45) is 1.44. The molecule has 0 atom stereocenters. The Hall–Kier alpha value is -1.85. The van der Waals surface area contributed by atoms with Crippen LogP contribution in [0.2, 0.25) is 5.02 Å². The normalized spacial score (nSPS) is 10.1. The Morgan fingerprint density at radius 2 is 1.76 bits per heavy atom. The monoisotopic (exact) mass is 249 g/mol. The van der Waals surface area contributed by atoms with Crippen molar-refractivity contribution in [3.05, 3.63) is 41.2 Å². The molecule has 0 aliphatic rings. The van der Waals surface area contributed by atoms with Crippen LogP contribution in [-0.4, -0.2) is 9.97 Å². The van der Waals surface area contributed by atoms with Crippen molar-refractivity contribution in [3.8, 4) is 0 Å². The summed E-state index contributed by atoms with van der Waals surface area (Å²) in [5.41, 5.74) is 4.27. The van der Waals surface area contributed by atoms with E-state index in [0.717, 1.165) is 11.3 Å². The van der Waals surface area contributed by atoms with Crippen LogP contribution in [-0.2, 0) is 0 Å². The van der Waals surface area contributed by atoms with Crippen LogP contribution in [0.5, 0.6) is 0 Å². The largest absolute Gasteiger partial charge is 0.340 e. The Bertz CT molecular complexity index is 512. The summed E-state index contributed by atoms with van der Waals surface area (Å²) in [5, 5.41) is 3.86. The molecule has 0 aliphatic carbocycles. The minimum absolute atomic E-state index is 0.594. The highest BCUT2D eigenvalue weighted by Gasteiger charge is 2.05. The zero-order chi connectivity index (χ0) is 12.3. The topological polar surface area (TPSA) is 75.9 Å². The number of aromatic nitrogens is 2. The standard InChI is InChI=1S/C11H12ClN5/c1-7-10(14-6-15-11(7)17-13)16-9-4-2-8(12)3-5-9/h2-6H,13H2,1H3,(H2,14,15,16,17). The van der Waals surface area contributed by atoms with E-state index in [2.05, 4.69) is 20.7 Å². The maximum Gasteiger partial charge on any atom is 0.148 e. The first kappa shape index (κ1) is 11.6. The number of hydrogen-bond donors (Lipinski definition) is 3. The third-order valence-corrected chi connectivity index (χ3v) is 2.58. The number of anilines is 3. The Morgan fingerprint density at radius 1 is 1.12 bits per heavy atom. The Balaban J connectivity index is 2.27. The number of nitrogens with two attached hydrogens (primary N) is 1. The molecule has 0 radical (unpaired) electrons. The number of nitrogen functional groups attached to an aromatic ring is 1. The lowest BCUT2D eigenvalue weighted by molar-refractivity contribution is 1.11. The summed E-state index contributed by atoms with van der Waals surface area (Å²) >= 11 is 5.81. The average Bonchev–Trinajstić information content (AvgIpc) is 2.35. The van der Waals surface area contributed by atoms with Crippen molar-refractivity contribution in [2.45, 2.75) is 6.92 Å². The van der Waals surface area contributed by atoms with Gasteiger partial charge in [-0.1, -0.05) is 11.6 Å². The molecule has 17 heavy (non-hydrogen) atoms. The van der Waals surface area contributed by atoms with Crippen LogP contribution in [0.15, 0.2) is 30.6 Å². The van der Waals surface area contributed by atoms with Crippen LogP contribution in [0.3, 0.4) is 0 Å². The first-order valence-corrected chi connectivity index (χ1v) is 5.39. The molecule has 0 amide bonds. The average molecular weight is 250 g/mol. The summed E-state index contributed by atoms with van der Waals surface area (Å²) in [5.74, 6) is 6.65. The first-order chi connectivity index (χ1) is 8.20. The maximum absolute atomic E-state index is 5.81. The number of hydrazine groups is 1. The number of rotatable bonds is 3. The quantitative estimate of drug-likeness (QED) is 0.576. The predicted molar refractivity (Wildman–Crippen MR) is 69.3 cm³/mol. The zero-order valence-corrected chi connectivity index (χ0v) is 9.99. The van der Waals surface area contributed by atoms with E-state index < -0.39 is 0 Å². The van der Waals surface area contributed by atoms with E-state index in [4.69, 9.17) is 17.4 Å². The van der Waals surface area contributed by atoms with Crippen molar-refractivity contribution in [1.82, 2.24) is 9.97 Å². The van der Waals surface area contributed by atoms with Crippen molar-refractivity contribution < 1.29 is 0 Å². The highest BCUT2D eigenvalue weighted by molar-refractivity contribution is 6.30. The van der Waals surface area contributed by atoms with Gasteiger partial charge in [-0.2, -0.15) is 0 Å². The lowest BCUT2D eigenvalue weighted by atomic mass is 10.3. The lowest BCUT2D eigenvalue weighted by Crippen LogP contribution is -2.11. The minimum Gasteiger partial charge on any atom is -0.340 e. The summed E-state index contributed by atoms with van der Waals surface area (Å²) in [4.78, 5) is 8.16. The Morgan fingerprint density at radius 3 is 2.41 bits per heavy atom. The van der Waals surface area contributed by atoms with Crippen molar-refractivity contribution in [2.75, 3.05) is 10.7 Å². The molecule has 88 valence electrons. The molecule has 0 aliphatic heterocycles. The summed E-state index contributed by atoms with van der Waals surface area (Å²) < 4.78 is 0. The van der Waals surface area contributed by atoms with Crippen LogP contribution < -0.4 is 16.6 Å². The minimum atomic E-state index is 0.594. The van der Waals surface area contributed by atoms with Gasteiger partial charge in [-0.3, -0.25) is 0 Å². The third kappa shape index (κ3) is 2.64. The van der Waals surface area contributed by atoms with Crippen molar-refractivity contribution >= 4 is 28.9 Å². The van der Waals surface area contributed by atoms with Gasteiger partial charge in [0.05, 0.1) is 0 Å². The number of nitrogens with one attached hydrogen (secondary N) is 2. The molecule has 0 saturated carbocycles. The van der Waals surface area contributed by atoms with Gasteiger partial charge in [0.1, 0.15) is 18.0 Å². The summed E-state index contributed by atoms with van der Waals surface area (Å²) in [7, 11) is 0. The third-order valence-electron chi connectivity index (χ3n) is 2.33. The molecule has 5 nitrogen and oxygen atoms in total. The van der Waals surface area contributed by atoms with Crippen LogP contribution in [0.25, 0.3) is 0 Å².